The van der Waals surface area contributed by atoms with Crippen LogP contribution >= 0.6 is 11.3 Å². The van der Waals surface area contributed by atoms with Crippen LogP contribution in [0.4, 0.5) is 10.8 Å². The Kier molecular flexibility index (Phi) is 3.35. The van der Waals surface area contributed by atoms with E-state index in [0.717, 1.165) is 35.6 Å². The lowest BCUT2D eigenvalue weighted by molar-refractivity contribution is 0.601. The first-order valence-electron chi connectivity index (χ1n) is 6.30. The first-order chi connectivity index (χ1) is 9.58. The zero-order valence-corrected chi connectivity index (χ0v) is 12.5. The van der Waals surface area contributed by atoms with E-state index in [2.05, 4.69) is 20.2 Å². The van der Waals surface area contributed by atoms with Crippen molar-refractivity contribution in [3.8, 4) is 0 Å². The lowest BCUT2D eigenvalue weighted by Gasteiger charge is -2.06. The van der Waals surface area contributed by atoms with Crippen LogP contribution in [-0.4, -0.2) is 25.2 Å². The van der Waals surface area contributed by atoms with Gasteiger partial charge in [-0.2, -0.15) is 0 Å². The molecule has 2 aromatic rings. The number of nitrogens with one attached hydrogen (secondary N) is 2. The number of nitrogens with zero attached hydrogens (tertiary/aromatic N) is 2. The van der Waals surface area contributed by atoms with Crippen molar-refractivity contribution < 1.29 is 8.42 Å². The highest BCUT2D eigenvalue weighted by Gasteiger charge is 2.19. The van der Waals surface area contributed by atoms with E-state index in [1.807, 2.05) is 6.92 Å². The van der Waals surface area contributed by atoms with Crippen LogP contribution in [0.5, 0.6) is 0 Å². The number of rotatable bonds is 4. The molecule has 1 aromatic carbocycles. The van der Waals surface area contributed by atoms with E-state index in [4.69, 9.17) is 0 Å². The van der Waals surface area contributed by atoms with E-state index in [9.17, 15) is 8.42 Å². The Labute approximate surface area is 121 Å². The highest BCUT2D eigenvalue weighted by Crippen LogP contribution is 2.26. The first kappa shape index (κ1) is 13.3. The van der Waals surface area contributed by atoms with Crippen molar-refractivity contribution in [3.63, 3.8) is 0 Å². The molecule has 0 saturated carbocycles. The molecule has 0 saturated heterocycles. The molecular formula is C12H14N4O2S2. The molecule has 6 nitrogen and oxygen atoms in total. The second-order valence-electron chi connectivity index (χ2n) is 4.46. The zero-order valence-electron chi connectivity index (χ0n) is 10.9. The number of sulfonamides is 1. The number of benzene rings is 1. The predicted octanol–water partition coefficient (Wildman–Crippen LogP) is 1.87. The molecule has 0 amide bonds. The summed E-state index contributed by atoms with van der Waals surface area (Å²) < 4.78 is 27.1. The van der Waals surface area contributed by atoms with Crippen molar-refractivity contribution in [3.05, 3.63) is 28.8 Å². The summed E-state index contributed by atoms with van der Waals surface area (Å²) in [5, 5.41) is 12.1. The van der Waals surface area contributed by atoms with E-state index < -0.39 is 10.0 Å². The van der Waals surface area contributed by atoms with Crippen LogP contribution in [-0.2, 0) is 22.9 Å². The SMILES string of the molecule is CCc1nnc(NS(=O)(=O)c2ccc3c(c2)CCN3)s1. The minimum atomic E-state index is -3.60. The Bertz CT molecular complexity index is 740. The van der Waals surface area contributed by atoms with Gasteiger partial charge in [0.15, 0.2) is 0 Å². The van der Waals surface area contributed by atoms with Crippen molar-refractivity contribution in [1.82, 2.24) is 10.2 Å². The molecule has 0 spiro atoms. The monoisotopic (exact) mass is 310 g/mol. The average Bonchev–Trinajstić information content (AvgIpc) is 3.05. The molecule has 3 rings (SSSR count). The molecule has 0 aliphatic carbocycles. The maximum atomic E-state index is 12.3. The van der Waals surface area contributed by atoms with Gasteiger partial charge < -0.3 is 5.32 Å². The fourth-order valence-electron chi connectivity index (χ4n) is 2.06. The third-order valence-corrected chi connectivity index (χ3v) is 5.54. The molecular weight excluding hydrogens is 296 g/mol. The van der Waals surface area contributed by atoms with Crippen LogP contribution < -0.4 is 10.0 Å². The van der Waals surface area contributed by atoms with Crippen LogP contribution in [0.25, 0.3) is 0 Å². The highest BCUT2D eigenvalue weighted by atomic mass is 32.2. The molecule has 0 radical (unpaired) electrons. The maximum absolute atomic E-state index is 12.3. The second kappa shape index (κ2) is 5.02. The Hall–Kier alpha value is -1.67. The minimum Gasteiger partial charge on any atom is -0.384 e. The standard InChI is InChI=1S/C12H14N4O2S2/c1-2-11-14-15-12(19-11)16-20(17,18)9-3-4-10-8(7-9)5-6-13-10/h3-4,7,13H,2,5-6H2,1H3,(H,15,16). The third kappa shape index (κ3) is 2.48. The fraction of sp³-hybridized carbons (Fsp3) is 0.333. The van der Waals surface area contributed by atoms with Crippen molar-refractivity contribution in [1.29, 1.82) is 0 Å². The maximum Gasteiger partial charge on any atom is 0.263 e. The number of anilines is 2. The zero-order chi connectivity index (χ0) is 14.2. The Morgan fingerprint density at radius 3 is 3.00 bits per heavy atom. The second-order valence-corrected chi connectivity index (χ2v) is 7.20. The van der Waals surface area contributed by atoms with Gasteiger partial charge in [0.2, 0.25) is 5.13 Å². The van der Waals surface area contributed by atoms with Gasteiger partial charge in [-0.05, 0) is 36.6 Å². The van der Waals surface area contributed by atoms with Gasteiger partial charge in [-0.15, -0.1) is 10.2 Å². The topological polar surface area (TPSA) is 84.0 Å². The van der Waals surface area contributed by atoms with Crippen molar-refractivity contribution >= 4 is 32.2 Å². The lowest BCUT2D eigenvalue weighted by atomic mass is 10.2. The van der Waals surface area contributed by atoms with Crippen LogP contribution in [0, 0.1) is 0 Å². The number of hydrogen-bond acceptors (Lipinski definition) is 6. The Balaban J connectivity index is 1.88. The third-order valence-electron chi connectivity index (χ3n) is 3.09. The number of fused-ring (bicyclic) bond motifs is 1. The summed E-state index contributed by atoms with van der Waals surface area (Å²) >= 11 is 1.26. The highest BCUT2D eigenvalue weighted by molar-refractivity contribution is 7.93. The van der Waals surface area contributed by atoms with Gasteiger partial charge in [-0.3, -0.25) is 4.72 Å². The Morgan fingerprint density at radius 1 is 1.40 bits per heavy atom. The molecule has 1 aliphatic rings. The summed E-state index contributed by atoms with van der Waals surface area (Å²) in [6.07, 6.45) is 1.58. The number of aromatic nitrogens is 2. The average molecular weight is 310 g/mol. The van der Waals surface area contributed by atoms with Crippen LogP contribution in [0.1, 0.15) is 17.5 Å². The van der Waals surface area contributed by atoms with E-state index in [1.54, 1.807) is 18.2 Å². The van der Waals surface area contributed by atoms with Crippen molar-refractivity contribution in [2.75, 3.05) is 16.6 Å². The van der Waals surface area contributed by atoms with E-state index in [1.165, 1.54) is 11.3 Å². The van der Waals surface area contributed by atoms with Gasteiger partial charge in [-0.25, -0.2) is 8.42 Å². The van der Waals surface area contributed by atoms with E-state index >= 15 is 0 Å². The molecule has 0 unspecified atom stereocenters. The molecule has 0 atom stereocenters. The minimum absolute atomic E-state index is 0.258. The van der Waals surface area contributed by atoms with Crippen LogP contribution in [0.3, 0.4) is 0 Å². The van der Waals surface area contributed by atoms with Gasteiger partial charge in [0.1, 0.15) is 5.01 Å². The summed E-state index contributed by atoms with van der Waals surface area (Å²) in [5.74, 6) is 0. The summed E-state index contributed by atoms with van der Waals surface area (Å²) in [7, 11) is -3.60. The van der Waals surface area contributed by atoms with E-state index in [0.29, 0.717) is 5.13 Å². The molecule has 1 aliphatic heterocycles. The quantitative estimate of drug-likeness (QED) is 0.900. The van der Waals surface area contributed by atoms with Crippen molar-refractivity contribution in [2.24, 2.45) is 0 Å². The largest absolute Gasteiger partial charge is 0.384 e. The lowest BCUT2D eigenvalue weighted by Crippen LogP contribution is -2.13. The molecule has 2 N–H and O–H groups in total. The summed E-state index contributed by atoms with van der Waals surface area (Å²) in [4.78, 5) is 0.258. The van der Waals surface area contributed by atoms with Gasteiger partial charge in [-0.1, -0.05) is 18.3 Å². The van der Waals surface area contributed by atoms with Crippen molar-refractivity contribution in [2.45, 2.75) is 24.7 Å². The van der Waals surface area contributed by atoms with Crippen LogP contribution in [0.15, 0.2) is 23.1 Å². The molecule has 1 aromatic heterocycles. The van der Waals surface area contributed by atoms with Gasteiger partial charge in [0, 0.05) is 12.2 Å². The summed E-state index contributed by atoms with van der Waals surface area (Å²) in [6.45, 7) is 2.80. The van der Waals surface area contributed by atoms with Crippen LogP contribution in [0.2, 0.25) is 0 Å². The van der Waals surface area contributed by atoms with Gasteiger partial charge in [0.05, 0.1) is 4.90 Å². The molecule has 2 heterocycles. The summed E-state index contributed by atoms with van der Waals surface area (Å²) in [5.41, 5.74) is 2.03. The normalized spacial score (nSPS) is 13.8. The van der Waals surface area contributed by atoms with Gasteiger partial charge >= 0.3 is 0 Å². The first-order valence-corrected chi connectivity index (χ1v) is 8.60. The smallest absolute Gasteiger partial charge is 0.263 e. The van der Waals surface area contributed by atoms with Gasteiger partial charge in [0.25, 0.3) is 10.0 Å². The molecule has 0 bridgehead atoms. The molecule has 0 fully saturated rings. The molecule has 8 heteroatoms. The molecule has 106 valence electrons. The number of aryl methyl sites for hydroxylation is 1. The summed E-state index contributed by atoms with van der Waals surface area (Å²) in [6, 6.07) is 5.11. The molecule has 20 heavy (non-hydrogen) atoms. The van der Waals surface area contributed by atoms with E-state index in [-0.39, 0.29) is 4.90 Å². The fourth-order valence-corrected chi connectivity index (χ4v) is 4.02. The Morgan fingerprint density at radius 2 is 2.25 bits per heavy atom. The number of hydrogen-bond donors (Lipinski definition) is 2. The predicted molar refractivity (Wildman–Crippen MR) is 78.7 cm³/mol.